The van der Waals surface area contributed by atoms with E-state index in [1.165, 1.54) is 5.56 Å². The van der Waals surface area contributed by atoms with Gasteiger partial charge in [-0.3, -0.25) is 9.59 Å². The molecule has 7 nitrogen and oxygen atoms in total. The van der Waals surface area contributed by atoms with E-state index in [-0.39, 0.29) is 41.9 Å². The summed E-state index contributed by atoms with van der Waals surface area (Å²) in [5, 5.41) is 11.2. The van der Waals surface area contributed by atoms with Crippen LogP contribution in [0.4, 0.5) is 5.69 Å². The molecule has 35 heavy (non-hydrogen) atoms. The first-order valence-corrected chi connectivity index (χ1v) is 13.0. The molecule has 4 aliphatic rings. The van der Waals surface area contributed by atoms with Gasteiger partial charge in [0.2, 0.25) is 5.91 Å². The molecule has 6 atom stereocenters. The van der Waals surface area contributed by atoms with Crippen molar-refractivity contribution in [3.8, 4) is 0 Å². The summed E-state index contributed by atoms with van der Waals surface area (Å²) in [6.07, 6.45) is 7.55. The molecule has 6 rings (SSSR count). The lowest BCUT2D eigenvalue weighted by molar-refractivity contribution is -0.138. The van der Waals surface area contributed by atoms with Crippen molar-refractivity contribution in [2.45, 2.75) is 62.7 Å². The molecule has 3 aliphatic heterocycles. The van der Waals surface area contributed by atoms with Gasteiger partial charge in [-0.05, 0) is 43.0 Å². The molecule has 0 spiro atoms. The number of likely N-dealkylation sites (tertiary alicyclic amines) is 1. The molecule has 7 heteroatoms. The molecule has 1 saturated heterocycles. The van der Waals surface area contributed by atoms with Gasteiger partial charge in [0, 0.05) is 42.4 Å². The lowest BCUT2D eigenvalue weighted by Crippen LogP contribution is -2.52. The quantitative estimate of drug-likeness (QED) is 0.635. The molecule has 2 fully saturated rings. The summed E-state index contributed by atoms with van der Waals surface area (Å²) in [5.41, 5.74) is 6.25. The van der Waals surface area contributed by atoms with Crippen molar-refractivity contribution in [1.82, 2.24) is 15.6 Å². The zero-order chi connectivity index (χ0) is 23.8. The van der Waals surface area contributed by atoms with E-state index >= 15 is 0 Å². The van der Waals surface area contributed by atoms with E-state index in [9.17, 15) is 9.59 Å². The molecule has 2 aromatic rings. The molecule has 182 valence electrons. The lowest BCUT2D eigenvalue weighted by Gasteiger charge is -2.43. The van der Waals surface area contributed by atoms with Gasteiger partial charge in [-0.2, -0.15) is 5.10 Å². The highest BCUT2D eigenvalue weighted by Crippen LogP contribution is 2.48. The van der Waals surface area contributed by atoms with Gasteiger partial charge in [0.05, 0.1) is 24.0 Å². The van der Waals surface area contributed by atoms with E-state index in [4.69, 9.17) is 0 Å². The van der Waals surface area contributed by atoms with Gasteiger partial charge in [-0.1, -0.05) is 49.2 Å². The summed E-state index contributed by atoms with van der Waals surface area (Å²) >= 11 is 0. The Bertz CT molecular complexity index is 1110. The van der Waals surface area contributed by atoms with Crippen LogP contribution >= 0.6 is 0 Å². The van der Waals surface area contributed by atoms with Crippen LogP contribution in [-0.4, -0.2) is 47.6 Å². The monoisotopic (exact) mass is 471 g/mol. The standard InChI is InChI=1S/C28H33N5O2/c34-27(18-8-2-1-3-9-18)31-23-13-7-5-11-20(23)28(35)33-17-15-21-25(24-14-16-29-32-24)30-22-12-6-4-10-19(22)26(21)33/h1-4,6,8-10,12,16,20-21,23-26,30,32H,5,7,11,13-15,17H2,(H,31,34)/t20-,21+,23+,24?,25+,26-/m0/s1. The molecule has 2 amide bonds. The molecular formula is C28H33N5O2. The highest BCUT2D eigenvalue weighted by atomic mass is 16.2. The van der Waals surface area contributed by atoms with Crippen molar-refractivity contribution in [3.63, 3.8) is 0 Å². The highest BCUT2D eigenvalue weighted by molar-refractivity contribution is 5.95. The van der Waals surface area contributed by atoms with Gasteiger partial charge in [-0.25, -0.2) is 0 Å². The molecule has 3 heterocycles. The predicted molar refractivity (Wildman–Crippen MR) is 136 cm³/mol. The van der Waals surface area contributed by atoms with Crippen molar-refractivity contribution < 1.29 is 9.59 Å². The van der Waals surface area contributed by atoms with E-state index in [1.807, 2.05) is 36.5 Å². The molecule has 0 radical (unpaired) electrons. The number of rotatable bonds is 4. The zero-order valence-electron chi connectivity index (χ0n) is 19.9. The van der Waals surface area contributed by atoms with E-state index in [0.29, 0.717) is 11.5 Å². The first kappa shape index (κ1) is 22.1. The number of hydrogen-bond donors (Lipinski definition) is 3. The number of fused-ring (bicyclic) bond motifs is 3. The van der Waals surface area contributed by atoms with Crippen molar-refractivity contribution in [3.05, 3.63) is 65.7 Å². The Kier molecular flexibility index (Phi) is 5.92. The Morgan fingerprint density at radius 2 is 1.77 bits per heavy atom. The smallest absolute Gasteiger partial charge is 0.251 e. The second kappa shape index (κ2) is 9.36. The number of benzene rings is 2. The van der Waals surface area contributed by atoms with Gasteiger partial charge in [0.15, 0.2) is 0 Å². The van der Waals surface area contributed by atoms with Gasteiger partial charge in [0.25, 0.3) is 5.91 Å². The van der Waals surface area contributed by atoms with Crippen LogP contribution in [0.3, 0.4) is 0 Å². The number of hydrogen-bond acceptors (Lipinski definition) is 5. The van der Waals surface area contributed by atoms with E-state index in [0.717, 1.165) is 50.8 Å². The van der Waals surface area contributed by atoms with Crippen molar-refractivity contribution in [1.29, 1.82) is 0 Å². The number of para-hydroxylation sites is 1. The van der Waals surface area contributed by atoms with Crippen molar-refractivity contribution >= 4 is 23.7 Å². The Morgan fingerprint density at radius 3 is 2.60 bits per heavy atom. The molecule has 1 unspecified atom stereocenters. The number of nitrogens with one attached hydrogen (secondary N) is 3. The second-order valence-corrected chi connectivity index (χ2v) is 10.3. The van der Waals surface area contributed by atoms with Crippen LogP contribution in [0.5, 0.6) is 0 Å². The molecule has 0 bridgehead atoms. The summed E-state index contributed by atoms with van der Waals surface area (Å²) in [4.78, 5) is 29.2. The SMILES string of the molecule is O=C(N[C@@H]1CCCC[C@@H]1C(=O)N1CC[C@@H]2[C@H](C3CC=NN3)Nc3ccccc3[C@@H]21)c1ccccc1. The summed E-state index contributed by atoms with van der Waals surface area (Å²) < 4.78 is 0. The van der Waals surface area contributed by atoms with Crippen molar-refractivity contribution in [2.24, 2.45) is 16.9 Å². The summed E-state index contributed by atoms with van der Waals surface area (Å²) in [6, 6.07) is 18.1. The highest BCUT2D eigenvalue weighted by Gasteiger charge is 2.50. The average Bonchev–Trinajstić information content (AvgIpc) is 3.60. The van der Waals surface area contributed by atoms with E-state index in [2.05, 4.69) is 50.3 Å². The maximum atomic E-state index is 14.1. The number of anilines is 1. The minimum Gasteiger partial charge on any atom is -0.380 e. The fourth-order valence-corrected chi connectivity index (χ4v) is 6.66. The number of hydrazone groups is 1. The minimum atomic E-state index is -0.177. The Labute approximate surface area is 206 Å². The first-order chi connectivity index (χ1) is 17.2. The molecule has 0 aromatic heterocycles. The van der Waals surface area contributed by atoms with Crippen LogP contribution in [0.2, 0.25) is 0 Å². The van der Waals surface area contributed by atoms with Crippen LogP contribution in [0.1, 0.15) is 60.5 Å². The molecule has 2 aromatic carbocycles. The lowest BCUT2D eigenvalue weighted by atomic mass is 9.78. The maximum absolute atomic E-state index is 14.1. The number of carbonyl (C=O) groups is 2. The first-order valence-electron chi connectivity index (χ1n) is 13.0. The fourth-order valence-electron chi connectivity index (χ4n) is 6.66. The fraction of sp³-hybridized carbons (Fsp3) is 0.464. The topological polar surface area (TPSA) is 85.8 Å². The third-order valence-corrected chi connectivity index (χ3v) is 8.35. The van der Waals surface area contributed by atoms with Crippen LogP contribution in [-0.2, 0) is 4.79 Å². The number of amides is 2. The number of carbonyl (C=O) groups excluding carboxylic acids is 2. The third-order valence-electron chi connectivity index (χ3n) is 8.35. The molecule has 1 saturated carbocycles. The van der Waals surface area contributed by atoms with Gasteiger partial charge in [0.1, 0.15) is 0 Å². The van der Waals surface area contributed by atoms with Crippen LogP contribution in [0.15, 0.2) is 59.7 Å². The summed E-state index contributed by atoms with van der Waals surface area (Å²) in [5.74, 6) is 0.258. The normalized spacial score (nSPS) is 31.1. The zero-order valence-corrected chi connectivity index (χ0v) is 19.9. The average molecular weight is 472 g/mol. The van der Waals surface area contributed by atoms with Crippen molar-refractivity contribution in [2.75, 3.05) is 11.9 Å². The summed E-state index contributed by atoms with van der Waals surface area (Å²) in [6.45, 7) is 0.754. The maximum Gasteiger partial charge on any atom is 0.251 e. The molecule has 1 aliphatic carbocycles. The second-order valence-electron chi connectivity index (χ2n) is 10.3. The van der Waals surface area contributed by atoms with Crippen LogP contribution in [0.25, 0.3) is 0 Å². The third kappa shape index (κ3) is 4.07. The predicted octanol–water partition coefficient (Wildman–Crippen LogP) is 3.71. The Balaban J connectivity index is 1.25. The van der Waals surface area contributed by atoms with Gasteiger partial charge >= 0.3 is 0 Å². The number of nitrogens with zero attached hydrogens (tertiary/aromatic N) is 2. The van der Waals surface area contributed by atoms with Gasteiger partial charge < -0.3 is 21.0 Å². The Hall–Kier alpha value is -3.35. The van der Waals surface area contributed by atoms with Crippen LogP contribution < -0.4 is 16.1 Å². The van der Waals surface area contributed by atoms with Crippen LogP contribution in [0, 0.1) is 11.8 Å². The Morgan fingerprint density at radius 1 is 0.971 bits per heavy atom. The molecule has 3 N–H and O–H groups in total. The van der Waals surface area contributed by atoms with E-state index in [1.54, 1.807) is 0 Å². The van der Waals surface area contributed by atoms with Gasteiger partial charge in [-0.15, -0.1) is 0 Å². The summed E-state index contributed by atoms with van der Waals surface area (Å²) in [7, 11) is 0. The largest absolute Gasteiger partial charge is 0.380 e. The molecular weight excluding hydrogens is 438 g/mol. The van der Waals surface area contributed by atoms with E-state index < -0.39 is 0 Å². The minimum absolute atomic E-state index is 0.0553.